The molecule has 2 atom stereocenters. The van der Waals surface area contributed by atoms with Crippen LogP contribution in [0.2, 0.25) is 0 Å². The molecule has 3 heterocycles. The Morgan fingerprint density at radius 3 is 2.61 bits per heavy atom. The SMILES string of the molecule is CC(O)c1cc2cc(NC(=N[C@H]3CCCCN(CC(=O)N4CCCC4)C3=O)C(C#N)C#N)ccc2o1. The molecular weight excluding hydrogens is 460 g/mol. The van der Waals surface area contributed by atoms with Gasteiger partial charge in [0.1, 0.15) is 29.3 Å². The zero-order chi connectivity index (χ0) is 25.7. The zero-order valence-electron chi connectivity index (χ0n) is 20.3. The average Bonchev–Trinajstić information content (AvgIpc) is 3.52. The number of furan rings is 1. The van der Waals surface area contributed by atoms with E-state index in [0.717, 1.165) is 44.2 Å². The minimum Gasteiger partial charge on any atom is -0.458 e. The summed E-state index contributed by atoms with van der Waals surface area (Å²) in [5.74, 6) is -1.00. The minimum atomic E-state index is -1.20. The number of aliphatic hydroxyl groups excluding tert-OH is 1. The fraction of sp³-hybridized carbons (Fsp3) is 0.500. The summed E-state index contributed by atoms with van der Waals surface area (Å²) in [5, 5.41) is 32.7. The lowest BCUT2D eigenvalue weighted by atomic mass is 10.1. The molecule has 2 aliphatic rings. The number of aliphatic hydroxyl groups is 1. The summed E-state index contributed by atoms with van der Waals surface area (Å²) >= 11 is 0. The van der Waals surface area contributed by atoms with E-state index in [-0.39, 0.29) is 24.2 Å². The van der Waals surface area contributed by atoms with Gasteiger partial charge in [-0.2, -0.15) is 10.5 Å². The summed E-state index contributed by atoms with van der Waals surface area (Å²) in [4.78, 5) is 33.9. The monoisotopic (exact) mass is 490 g/mol. The zero-order valence-corrected chi connectivity index (χ0v) is 20.3. The van der Waals surface area contributed by atoms with Gasteiger partial charge in [-0.1, -0.05) is 0 Å². The van der Waals surface area contributed by atoms with Gasteiger partial charge in [0.25, 0.3) is 0 Å². The molecule has 0 spiro atoms. The highest BCUT2D eigenvalue weighted by Gasteiger charge is 2.31. The fourth-order valence-corrected chi connectivity index (χ4v) is 4.58. The molecule has 2 aromatic rings. The second-order valence-corrected chi connectivity index (χ2v) is 9.27. The Labute approximate surface area is 209 Å². The number of hydrogen-bond donors (Lipinski definition) is 2. The van der Waals surface area contributed by atoms with E-state index < -0.39 is 18.1 Å². The smallest absolute Gasteiger partial charge is 0.247 e. The fourth-order valence-electron chi connectivity index (χ4n) is 4.58. The molecule has 0 radical (unpaired) electrons. The maximum absolute atomic E-state index is 13.3. The molecule has 1 aromatic carbocycles. The highest BCUT2D eigenvalue weighted by Crippen LogP contribution is 2.27. The number of rotatable bonds is 6. The number of nitriles is 2. The number of anilines is 1. The number of hydrogen-bond acceptors (Lipinski definition) is 7. The summed E-state index contributed by atoms with van der Waals surface area (Å²) in [6.07, 6.45) is 3.19. The van der Waals surface area contributed by atoms with Crippen molar-refractivity contribution >= 4 is 34.3 Å². The second-order valence-electron chi connectivity index (χ2n) is 9.27. The van der Waals surface area contributed by atoms with Gasteiger partial charge in [0.05, 0.1) is 18.7 Å². The predicted octanol–water partition coefficient (Wildman–Crippen LogP) is 2.96. The maximum atomic E-state index is 13.3. The first-order valence-electron chi connectivity index (χ1n) is 12.3. The first-order chi connectivity index (χ1) is 17.4. The van der Waals surface area contributed by atoms with Gasteiger partial charge in [-0.15, -0.1) is 0 Å². The molecule has 0 aliphatic carbocycles. The van der Waals surface area contributed by atoms with Crippen molar-refractivity contribution in [2.45, 2.75) is 51.2 Å². The molecule has 1 unspecified atom stereocenters. The van der Waals surface area contributed by atoms with Crippen molar-refractivity contribution in [3.63, 3.8) is 0 Å². The molecule has 36 heavy (non-hydrogen) atoms. The highest BCUT2D eigenvalue weighted by atomic mass is 16.4. The third kappa shape index (κ3) is 5.67. The van der Waals surface area contributed by atoms with E-state index in [1.807, 2.05) is 12.1 Å². The quantitative estimate of drug-likeness (QED) is 0.467. The number of nitrogens with one attached hydrogen (secondary N) is 1. The van der Waals surface area contributed by atoms with Crippen LogP contribution in [0, 0.1) is 28.6 Å². The Balaban J connectivity index is 1.57. The molecule has 2 N–H and O–H groups in total. The van der Waals surface area contributed by atoms with Crippen molar-refractivity contribution in [1.82, 2.24) is 9.80 Å². The maximum Gasteiger partial charge on any atom is 0.247 e. The number of benzene rings is 1. The highest BCUT2D eigenvalue weighted by molar-refractivity contribution is 6.03. The standard InChI is InChI=1S/C26H30N6O4/c1-17(33)23-13-18-12-20(7-8-22(18)36-23)29-25(19(14-27)15-28)30-21-6-2-3-11-32(26(21)35)16-24(34)31-9-4-5-10-31/h7-8,12-13,17,19,21,33H,2-6,9-11,16H2,1H3,(H,29,30)/t17?,21-/m0/s1. The number of fused-ring (bicyclic) bond motifs is 1. The van der Waals surface area contributed by atoms with E-state index in [0.29, 0.717) is 30.0 Å². The van der Waals surface area contributed by atoms with Gasteiger partial charge in [0.2, 0.25) is 11.8 Å². The molecule has 0 saturated carbocycles. The summed E-state index contributed by atoms with van der Waals surface area (Å²) in [6.45, 7) is 3.56. The van der Waals surface area contributed by atoms with Gasteiger partial charge in [0, 0.05) is 30.7 Å². The van der Waals surface area contributed by atoms with Gasteiger partial charge < -0.3 is 24.6 Å². The molecule has 10 heteroatoms. The van der Waals surface area contributed by atoms with Crippen molar-refractivity contribution in [1.29, 1.82) is 10.5 Å². The number of carbonyl (C=O) groups is 2. The minimum absolute atomic E-state index is 0.0241. The van der Waals surface area contributed by atoms with E-state index in [1.54, 1.807) is 41.0 Å². The summed E-state index contributed by atoms with van der Waals surface area (Å²) in [7, 11) is 0. The van der Waals surface area contributed by atoms with Crippen molar-refractivity contribution < 1.29 is 19.1 Å². The molecule has 188 valence electrons. The summed E-state index contributed by atoms with van der Waals surface area (Å²) < 4.78 is 5.62. The number of amides is 2. The van der Waals surface area contributed by atoms with Crippen LogP contribution < -0.4 is 5.32 Å². The van der Waals surface area contributed by atoms with E-state index in [4.69, 9.17) is 4.42 Å². The third-order valence-corrected chi connectivity index (χ3v) is 6.58. The number of aliphatic imine (C=N–C) groups is 1. The van der Waals surface area contributed by atoms with Gasteiger partial charge in [0.15, 0.2) is 5.92 Å². The number of nitrogens with zero attached hydrogens (tertiary/aromatic N) is 5. The van der Waals surface area contributed by atoms with Crippen LogP contribution in [0.1, 0.15) is 50.9 Å². The van der Waals surface area contributed by atoms with Crippen LogP contribution in [-0.4, -0.2) is 64.8 Å². The Morgan fingerprint density at radius 2 is 1.92 bits per heavy atom. The van der Waals surface area contributed by atoms with E-state index in [9.17, 15) is 25.2 Å². The molecule has 2 fully saturated rings. The Hall–Kier alpha value is -3.89. The Morgan fingerprint density at radius 1 is 1.19 bits per heavy atom. The molecular formula is C26H30N6O4. The van der Waals surface area contributed by atoms with Crippen LogP contribution >= 0.6 is 0 Å². The molecule has 2 saturated heterocycles. The first kappa shape index (κ1) is 25.2. The lowest BCUT2D eigenvalue weighted by Crippen LogP contribution is -2.45. The number of carbonyl (C=O) groups excluding carboxylic acids is 2. The van der Waals surface area contributed by atoms with Crippen LogP contribution in [0.4, 0.5) is 5.69 Å². The molecule has 1 aromatic heterocycles. The molecule has 2 aliphatic heterocycles. The van der Waals surface area contributed by atoms with Crippen LogP contribution in [0.15, 0.2) is 33.7 Å². The Kier molecular flexibility index (Phi) is 7.87. The van der Waals surface area contributed by atoms with Gasteiger partial charge in [-0.3, -0.25) is 14.6 Å². The third-order valence-electron chi connectivity index (χ3n) is 6.58. The van der Waals surface area contributed by atoms with Gasteiger partial charge >= 0.3 is 0 Å². The topological polar surface area (TPSA) is 146 Å². The van der Waals surface area contributed by atoms with Crippen molar-refractivity contribution in [2.24, 2.45) is 10.9 Å². The average molecular weight is 491 g/mol. The predicted molar refractivity (Wildman–Crippen MR) is 133 cm³/mol. The molecule has 0 bridgehead atoms. The largest absolute Gasteiger partial charge is 0.458 e. The molecule has 10 nitrogen and oxygen atoms in total. The normalized spacial score (nSPS) is 19.8. The van der Waals surface area contributed by atoms with Crippen LogP contribution in [0.3, 0.4) is 0 Å². The van der Waals surface area contributed by atoms with Crippen LogP contribution in [0.25, 0.3) is 11.0 Å². The first-order valence-corrected chi connectivity index (χ1v) is 12.3. The van der Waals surface area contributed by atoms with Crippen LogP contribution in [0.5, 0.6) is 0 Å². The molecule has 2 amide bonds. The van der Waals surface area contributed by atoms with Crippen molar-refractivity contribution in [3.8, 4) is 12.1 Å². The summed E-state index contributed by atoms with van der Waals surface area (Å²) in [5.41, 5.74) is 1.15. The lowest BCUT2D eigenvalue weighted by Gasteiger charge is -2.25. The van der Waals surface area contributed by atoms with Crippen molar-refractivity contribution in [2.75, 3.05) is 31.5 Å². The second kappa shape index (κ2) is 11.2. The summed E-state index contributed by atoms with van der Waals surface area (Å²) in [6, 6.07) is 10.0. The lowest BCUT2D eigenvalue weighted by molar-refractivity contribution is -0.140. The Bertz CT molecular complexity index is 1220. The van der Waals surface area contributed by atoms with Gasteiger partial charge in [-0.05, 0) is 63.3 Å². The van der Waals surface area contributed by atoms with E-state index >= 15 is 0 Å². The van der Waals surface area contributed by atoms with Crippen molar-refractivity contribution in [3.05, 3.63) is 30.0 Å². The van der Waals surface area contributed by atoms with E-state index in [1.165, 1.54) is 0 Å². The van der Waals surface area contributed by atoms with Crippen LogP contribution in [-0.2, 0) is 9.59 Å². The molecule has 4 rings (SSSR count). The van der Waals surface area contributed by atoms with E-state index in [2.05, 4.69) is 10.3 Å². The number of likely N-dealkylation sites (tertiary alicyclic amines) is 2. The number of amidine groups is 1. The van der Waals surface area contributed by atoms with Gasteiger partial charge in [-0.25, -0.2) is 0 Å².